The predicted molar refractivity (Wildman–Crippen MR) is 159 cm³/mol. The van der Waals surface area contributed by atoms with Crippen molar-refractivity contribution in [2.75, 3.05) is 38.8 Å². The van der Waals surface area contributed by atoms with E-state index in [1.165, 1.54) is 30.9 Å². The van der Waals surface area contributed by atoms with Crippen LogP contribution in [0.1, 0.15) is 50.3 Å². The van der Waals surface area contributed by atoms with Gasteiger partial charge in [-0.25, -0.2) is 9.79 Å². The fraction of sp³-hybridized carbons (Fsp3) is 0.367. The number of rotatable bonds is 8. The third kappa shape index (κ3) is 5.41. The van der Waals surface area contributed by atoms with Crippen LogP contribution in [0.4, 0.5) is 11.4 Å². The van der Waals surface area contributed by atoms with E-state index in [2.05, 4.69) is 9.89 Å². The van der Waals surface area contributed by atoms with Gasteiger partial charge in [0.05, 0.1) is 41.6 Å². The first kappa shape index (κ1) is 29.1. The second kappa shape index (κ2) is 12.2. The average Bonchev–Trinajstić information content (AvgIpc) is 3.30. The van der Waals surface area contributed by atoms with Gasteiger partial charge in [-0.1, -0.05) is 11.3 Å². The molecule has 5 rings (SSSR count). The molecule has 3 aromatic rings. The number of nitrogens with zero attached hydrogens (tertiary/aromatic N) is 4. The number of fused-ring (bicyclic) bond motifs is 1. The molecule has 1 unspecified atom stereocenters. The fourth-order valence-corrected chi connectivity index (χ4v) is 6.51. The van der Waals surface area contributed by atoms with E-state index in [4.69, 9.17) is 14.2 Å². The molecule has 42 heavy (non-hydrogen) atoms. The number of anilines is 1. The Balaban J connectivity index is 1.76. The van der Waals surface area contributed by atoms with Crippen LogP contribution >= 0.6 is 11.3 Å². The minimum atomic E-state index is -0.904. The molecule has 0 spiro atoms. The van der Waals surface area contributed by atoms with Crippen molar-refractivity contribution in [1.29, 1.82) is 0 Å². The molecule has 1 saturated heterocycles. The van der Waals surface area contributed by atoms with Crippen molar-refractivity contribution < 1.29 is 23.9 Å². The number of benzene rings is 2. The molecular weight excluding hydrogens is 560 g/mol. The van der Waals surface area contributed by atoms with Crippen LogP contribution in [0, 0.1) is 10.1 Å². The Morgan fingerprint density at radius 1 is 1.14 bits per heavy atom. The summed E-state index contributed by atoms with van der Waals surface area (Å²) in [6.07, 6.45) is 4.87. The highest BCUT2D eigenvalue weighted by atomic mass is 32.1. The Kier molecular flexibility index (Phi) is 8.44. The van der Waals surface area contributed by atoms with Gasteiger partial charge in [-0.2, -0.15) is 0 Å². The lowest BCUT2D eigenvalue weighted by Gasteiger charge is -2.30. The van der Waals surface area contributed by atoms with Crippen molar-refractivity contribution in [3.8, 4) is 11.5 Å². The topological polar surface area (TPSA) is 126 Å². The van der Waals surface area contributed by atoms with Crippen molar-refractivity contribution in [1.82, 2.24) is 4.57 Å². The Morgan fingerprint density at radius 2 is 1.90 bits per heavy atom. The summed E-state index contributed by atoms with van der Waals surface area (Å²) < 4.78 is 18.3. The SMILES string of the molecule is CCOC(=O)C1=C(C)N=c2sc(=Cc3cc([N+](=O)[O-])ccc3N3CCCCC3)c(=O)n2C1c1cc(OC)ccc1OC. The normalized spacial score (nSPS) is 17.0. The summed E-state index contributed by atoms with van der Waals surface area (Å²) in [5.74, 6) is 0.389. The second-order valence-corrected chi connectivity index (χ2v) is 11.0. The summed E-state index contributed by atoms with van der Waals surface area (Å²) in [5.41, 5.74) is 2.13. The largest absolute Gasteiger partial charge is 0.497 e. The Bertz CT molecular complexity index is 1750. The molecule has 1 fully saturated rings. The van der Waals surface area contributed by atoms with Gasteiger partial charge in [0.15, 0.2) is 4.80 Å². The lowest BCUT2D eigenvalue weighted by Crippen LogP contribution is -2.40. The standard InChI is InChI=1S/C30H32N4O7S/c1-5-41-29(36)26-18(2)31-30-33(27(26)22-17-21(39-3)10-12-24(22)40-4)28(35)25(42-30)16-19-15-20(34(37)38)9-11-23(19)32-13-7-6-8-14-32/h9-12,15-17,27H,5-8,13-14H2,1-4H3. The Morgan fingerprint density at radius 3 is 2.57 bits per heavy atom. The number of thiazole rings is 1. The molecule has 0 bridgehead atoms. The first-order valence-corrected chi connectivity index (χ1v) is 14.5. The number of allylic oxidation sites excluding steroid dienone is 1. The minimum absolute atomic E-state index is 0.0609. The van der Waals surface area contributed by atoms with Crippen LogP contribution in [0.3, 0.4) is 0 Å². The molecule has 1 atom stereocenters. The molecule has 0 amide bonds. The minimum Gasteiger partial charge on any atom is -0.497 e. The van der Waals surface area contributed by atoms with E-state index in [1.807, 2.05) is 0 Å². The Labute approximate surface area is 246 Å². The monoisotopic (exact) mass is 592 g/mol. The summed E-state index contributed by atoms with van der Waals surface area (Å²) in [6.45, 7) is 5.23. The van der Waals surface area contributed by atoms with Gasteiger partial charge >= 0.3 is 5.97 Å². The fourth-order valence-electron chi connectivity index (χ4n) is 5.47. The molecule has 0 aliphatic carbocycles. The maximum atomic E-state index is 14.2. The number of nitro groups is 1. The van der Waals surface area contributed by atoms with Gasteiger partial charge in [0.1, 0.15) is 17.5 Å². The molecule has 2 aromatic carbocycles. The molecule has 2 aliphatic heterocycles. The van der Waals surface area contributed by atoms with Gasteiger partial charge in [0.25, 0.3) is 11.2 Å². The molecule has 1 aromatic heterocycles. The summed E-state index contributed by atoms with van der Waals surface area (Å²) in [4.78, 5) is 45.9. The quantitative estimate of drug-likeness (QED) is 0.220. The number of hydrogen-bond donors (Lipinski definition) is 0. The molecular formula is C30H32N4O7S. The number of nitro benzene ring substituents is 1. The second-order valence-electron chi connectivity index (χ2n) is 9.96. The zero-order valence-corrected chi connectivity index (χ0v) is 24.7. The number of carbonyl (C=O) groups excluding carboxylic acids is 1. The molecule has 2 aliphatic rings. The highest BCUT2D eigenvalue weighted by Crippen LogP contribution is 2.38. The summed E-state index contributed by atoms with van der Waals surface area (Å²) in [6, 6.07) is 9.02. The van der Waals surface area contributed by atoms with Crippen LogP contribution in [0.5, 0.6) is 11.5 Å². The lowest BCUT2D eigenvalue weighted by atomic mass is 9.94. The van der Waals surface area contributed by atoms with Crippen LogP contribution < -0.4 is 29.3 Å². The number of ether oxygens (including phenoxy) is 3. The predicted octanol–water partition coefficient (Wildman–Crippen LogP) is 3.71. The van der Waals surface area contributed by atoms with E-state index in [0.717, 1.165) is 49.4 Å². The maximum Gasteiger partial charge on any atom is 0.338 e. The first-order chi connectivity index (χ1) is 20.3. The van der Waals surface area contributed by atoms with E-state index < -0.39 is 16.9 Å². The zero-order chi connectivity index (χ0) is 30.0. The summed E-state index contributed by atoms with van der Waals surface area (Å²) in [5, 5.41) is 11.6. The number of carbonyl (C=O) groups is 1. The first-order valence-electron chi connectivity index (χ1n) is 13.7. The van der Waals surface area contributed by atoms with Crippen LogP contribution in [0.25, 0.3) is 6.08 Å². The van der Waals surface area contributed by atoms with Gasteiger partial charge < -0.3 is 19.1 Å². The smallest absolute Gasteiger partial charge is 0.338 e. The van der Waals surface area contributed by atoms with Crippen molar-refractivity contribution in [2.45, 2.75) is 39.2 Å². The Hall–Kier alpha value is -4.45. The number of methoxy groups -OCH3 is 2. The van der Waals surface area contributed by atoms with E-state index in [0.29, 0.717) is 37.7 Å². The third-order valence-electron chi connectivity index (χ3n) is 7.45. The van der Waals surface area contributed by atoms with Crippen LogP contribution in [0.2, 0.25) is 0 Å². The molecule has 220 valence electrons. The lowest BCUT2D eigenvalue weighted by molar-refractivity contribution is -0.384. The number of hydrogen-bond acceptors (Lipinski definition) is 10. The van der Waals surface area contributed by atoms with E-state index in [1.54, 1.807) is 44.2 Å². The van der Waals surface area contributed by atoms with Gasteiger partial charge in [-0.15, -0.1) is 0 Å². The van der Waals surface area contributed by atoms with Gasteiger partial charge in [-0.05, 0) is 63.5 Å². The molecule has 0 N–H and O–H groups in total. The van der Waals surface area contributed by atoms with E-state index in [9.17, 15) is 19.7 Å². The van der Waals surface area contributed by atoms with Crippen LogP contribution in [-0.4, -0.2) is 49.4 Å². The number of aromatic nitrogens is 1. The van der Waals surface area contributed by atoms with Gasteiger partial charge in [-0.3, -0.25) is 19.5 Å². The van der Waals surface area contributed by atoms with Crippen molar-refractivity contribution >= 4 is 34.8 Å². The van der Waals surface area contributed by atoms with Crippen molar-refractivity contribution in [3.05, 3.63) is 88.6 Å². The van der Waals surface area contributed by atoms with Crippen LogP contribution in [-0.2, 0) is 9.53 Å². The van der Waals surface area contributed by atoms with Crippen molar-refractivity contribution in [2.24, 2.45) is 4.99 Å². The molecule has 0 radical (unpaired) electrons. The molecule has 11 nitrogen and oxygen atoms in total. The maximum absolute atomic E-state index is 14.2. The van der Waals surface area contributed by atoms with E-state index >= 15 is 0 Å². The van der Waals surface area contributed by atoms with E-state index in [-0.39, 0.29) is 23.4 Å². The summed E-state index contributed by atoms with van der Waals surface area (Å²) in [7, 11) is 3.05. The summed E-state index contributed by atoms with van der Waals surface area (Å²) >= 11 is 1.16. The number of piperidine rings is 1. The zero-order valence-electron chi connectivity index (χ0n) is 23.9. The third-order valence-corrected chi connectivity index (χ3v) is 8.44. The van der Waals surface area contributed by atoms with Gasteiger partial charge in [0.2, 0.25) is 0 Å². The van der Waals surface area contributed by atoms with Crippen LogP contribution in [0.15, 0.2) is 57.5 Å². The van der Waals surface area contributed by atoms with Crippen molar-refractivity contribution in [3.63, 3.8) is 0 Å². The van der Waals surface area contributed by atoms with Gasteiger partial charge in [0, 0.05) is 42.0 Å². The highest BCUT2D eigenvalue weighted by Gasteiger charge is 2.35. The molecule has 12 heteroatoms. The molecule has 0 saturated carbocycles. The number of esters is 1. The average molecular weight is 593 g/mol. The number of non-ortho nitro benzene ring substituents is 1. The highest BCUT2D eigenvalue weighted by molar-refractivity contribution is 7.07. The molecule has 3 heterocycles.